The second-order valence-electron chi connectivity index (χ2n) is 21.4. The summed E-state index contributed by atoms with van der Waals surface area (Å²) in [4.78, 5) is 5.21. The first kappa shape index (κ1) is 38.1. The standard InChI is InChI=1S/C51H63BN2/c1-32-24-44-46-45(25-32)54(39-28-36(50(11,12)13)26-37(29-39)51(14,15)16)43-31-35(49(8,9)10)21-23-41(43)52(46)40-22-20-34(48(5,6)7)30-42(40)53(44)38-19-17-18-33(27-38)47(2,3)4/h17-31H,1-16H3. The molecule has 0 saturated heterocycles. The molecule has 0 aromatic heterocycles. The van der Waals surface area contributed by atoms with Crippen molar-refractivity contribution in [1.29, 1.82) is 0 Å². The number of hydrogen-bond acceptors (Lipinski definition) is 2. The Morgan fingerprint density at radius 1 is 0.370 bits per heavy atom. The third-order valence-electron chi connectivity index (χ3n) is 11.8. The van der Waals surface area contributed by atoms with Gasteiger partial charge >= 0.3 is 0 Å². The van der Waals surface area contributed by atoms with E-state index in [-0.39, 0.29) is 33.8 Å². The average molecular weight is 715 g/mol. The highest BCUT2D eigenvalue weighted by Crippen LogP contribution is 2.47. The summed E-state index contributed by atoms with van der Waals surface area (Å²) in [6.07, 6.45) is 0. The molecule has 0 bridgehead atoms. The van der Waals surface area contributed by atoms with Gasteiger partial charge in [0.25, 0.3) is 6.71 Å². The fourth-order valence-electron chi connectivity index (χ4n) is 8.33. The van der Waals surface area contributed by atoms with Gasteiger partial charge in [-0.25, -0.2) is 0 Å². The zero-order valence-corrected chi connectivity index (χ0v) is 36.1. The first-order valence-corrected chi connectivity index (χ1v) is 20.1. The molecule has 0 unspecified atom stereocenters. The van der Waals surface area contributed by atoms with Gasteiger partial charge in [0.05, 0.1) is 0 Å². The van der Waals surface area contributed by atoms with Crippen molar-refractivity contribution in [2.45, 2.75) is 138 Å². The molecular formula is C51H63BN2. The van der Waals surface area contributed by atoms with Crippen LogP contribution in [0.15, 0.2) is 91.0 Å². The molecule has 280 valence electrons. The van der Waals surface area contributed by atoms with Gasteiger partial charge in [-0.05, 0) is 132 Å². The van der Waals surface area contributed by atoms with Crippen molar-refractivity contribution >= 4 is 57.2 Å². The van der Waals surface area contributed by atoms with Gasteiger partial charge < -0.3 is 9.80 Å². The number of nitrogens with zero attached hydrogens (tertiary/aromatic N) is 2. The van der Waals surface area contributed by atoms with E-state index >= 15 is 0 Å². The Morgan fingerprint density at radius 2 is 0.759 bits per heavy atom. The highest BCUT2D eigenvalue weighted by molar-refractivity contribution is 7.00. The molecule has 54 heavy (non-hydrogen) atoms. The van der Waals surface area contributed by atoms with E-state index in [1.165, 1.54) is 83.9 Å². The van der Waals surface area contributed by atoms with Gasteiger partial charge in [0, 0.05) is 34.1 Å². The van der Waals surface area contributed by atoms with E-state index in [4.69, 9.17) is 0 Å². The lowest BCUT2D eigenvalue weighted by Gasteiger charge is -2.45. The van der Waals surface area contributed by atoms with Crippen molar-refractivity contribution in [3.05, 3.63) is 124 Å². The molecule has 0 radical (unpaired) electrons. The third kappa shape index (κ3) is 6.60. The van der Waals surface area contributed by atoms with Crippen molar-refractivity contribution < 1.29 is 0 Å². The predicted molar refractivity (Wildman–Crippen MR) is 239 cm³/mol. The summed E-state index contributed by atoms with van der Waals surface area (Å²) in [5, 5.41) is 0. The lowest BCUT2D eigenvalue weighted by molar-refractivity contribution is 0.569. The van der Waals surface area contributed by atoms with Crippen LogP contribution < -0.4 is 26.2 Å². The summed E-state index contributed by atoms with van der Waals surface area (Å²) in [6, 6.07) is 36.2. The van der Waals surface area contributed by atoms with Gasteiger partial charge in [-0.1, -0.05) is 146 Å². The zero-order chi connectivity index (χ0) is 39.5. The molecular weight excluding hydrogens is 651 g/mol. The lowest BCUT2D eigenvalue weighted by atomic mass is 9.33. The van der Waals surface area contributed by atoms with Gasteiger partial charge in [-0.3, -0.25) is 0 Å². The molecule has 2 aliphatic rings. The van der Waals surface area contributed by atoms with Crippen LogP contribution in [0.4, 0.5) is 34.1 Å². The molecule has 0 atom stereocenters. The molecule has 0 fully saturated rings. The number of aryl methyl sites for hydroxylation is 1. The van der Waals surface area contributed by atoms with Crippen LogP contribution in [0.3, 0.4) is 0 Å². The highest BCUT2D eigenvalue weighted by atomic mass is 15.2. The molecule has 0 N–H and O–H groups in total. The van der Waals surface area contributed by atoms with Crippen molar-refractivity contribution in [2.24, 2.45) is 0 Å². The van der Waals surface area contributed by atoms with Gasteiger partial charge in [0.1, 0.15) is 0 Å². The van der Waals surface area contributed by atoms with E-state index in [1.807, 2.05) is 0 Å². The maximum absolute atomic E-state index is 2.62. The van der Waals surface area contributed by atoms with Crippen LogP contribution in [0.2, 0.25) is 0 Å². The maximum Gasteiger partial charge on any atom is 0.252 e. The lowest BCUT2D eigenvalue weighted by Crippen LogP contribution is -2.61. The van der Waals surface area contributed by atoms with Crippen molar-refractivity contribution in [2.75, 3.05) is 9.80 Å². The molecule has 0 spiro atoms. The molecule has 2 aliphatic heterocycles. The SMILES string of the molecule is Cc1cc2c3c(c1)N(c1cc(C(C)(C)C)cc(C(C)(C)C)c1)c1cc(C(C)(C)C)ccc1B3c1ccc(C(C)(C)C)cc1N2c1cccc(C(C)(C)C)c1. The van der Waals surface area contributed by atoms with Crippen LogP contribution in [0, 0.1) is 6.92 Å². The largest absolute Gasteiger partial charge is 0.311 e. The normalized spacial score (nSPS) is 14.6. The second-order valence-corrected chi connectivity index (χ2v) is 21.4. The third-order valence-corrected chi connectivity index (χ3v) is 11.8. The highest BCUT2D eigenvalue weighted by Gasteiger charge is 2.44. The number of benzene rings is 5. The van der Waals surface area contributed by atoms with Gasteiger partial charge in [0.15, 0.2) is 0 Å². The molecule has 7 rings (SSSR count). The number of hydrogen-bond donors (Lipinski definition) is 0. The first-order chi connectivity index (χ1) is 24.8. The molecule has 0 saturated carbocycles. The summed E-state index contributed by atoms with van der Waals surface area (Å²) in [6.45, 7) is 37.4. The van der Waals surface area contributed by atoms with E-state index < -0.39 is 0 Å². The van der Waals surface area contributed by atoms with Gasteiger partial charge in [0.2, 0.25) is 0 Å². The topological polar surface area (TPSA) is 6.48 Å². The number of rotatable bonds is 2. The first-order valence-electron chi connectivity index (χ1n) is 20.1. The monoisotopic (exact) mass is 715 g/mol. The number of fused-ring (bicyclic) bond motifs is 4. The van der Waals surface area contributed by atoms with Crippen LogP contribution in [-0.2, 0) is 27.1 Å². The summed E-state index contributed by atoms with van der Waals surface area (Å²) in [5.74, 6) is 0. The average Bonchev–Trinajstić information content (AvgIpc) is 3.05. The Hall–Kier alpha value is -4.24. The van der Waals surface area contributed by atoms with Crippen LogP contribution in [0.5, 0.6) is 0 Å². The smallest absolute Gasteiger partial charge is 0.252 e. The fraction of sp³-hybridized carbons (Fsp3) is 0.412. The number of anilines is 6. The van der Waals surface area contributed by atoms with Crippen LogP contribution >= 0.6 is 0 Å². The summed E-state index contributed by atoms with van der Waals surface area (Å²) in [7, 11) is 0. The summed E-state index contributed by atoms with van der Waals surface area (Å²) < 4.78 is 0. The quantitative estimate of drug-likeness (QED) is 0.165. The van der Waals surface area contributed by atoms with E-state index in [0.29, 0.717) is 0 Å². The van der Waals surface area contributed by atoms with Crippen molar-refractivity contribution in [1.82, 2.24) is 0 Å². The minimum atomic E-state index is -0.00494. The fourth-order valence-corrected chi connectivity index (χ4v) is 8.33. The molecule has 5 aromatic carbocycles. The van der Waals surface area contributed by atoms with Crippen molar-refractivity contribution in [3.8, 4) is 0 Å². The minimum absolute atomic E-state index is 0.00349. The zero-order valence-electron chi connectivity index (χ0n) is 36.1. The summed E-state index contributed by atoms with van der Waals surface area (Å²) in [5.41, 5.74) is 19.8. The predicted octanol–water partition coefficient (Wildman–Crippen LogP) is 12.6. The maximum atomic E-state index is 2.62. The Labute approximate surface area is 328 Å². The van der Waals surface area contributed by atoms with Gasteiger partial charge in [-0.15, -0.1) is 0 Å². The van der Waals surface area contributed by atoms with Gasteiger partial charge in [-0.2, -0.15) is 0 Å². The van der Waals surface area contributed by atoms with E-state index in [2.05, 4.69) is 212 Å². The molecule has 3 heteroatoms. The Kier molecular flexibility index (Phi) is 8.73. The van der Waals surface area contributed by atoms with E-state index in [0.717, 1.165) is 0 Å². The van der Waals surface area contributed by atoms with E-state index in [9.17, 15) is 0 Å². The molecule has 2 nitrogen and oxygen atoms in total. The Morgan fingerprint density at radius 3 is 1.19 bits per heavy atom. The molecule has 2 heterocycles. The van der Waals surface area contributed by atoms with Crippen LogP contribution in [-0.4, -0.2) is 6.71 Å². The Balaban J connectivity index is 1.62. The Bertz CT molecular complexity index is 2240. The second kappa shape index (κ2) is 12.4. The van der Waals surface area contributed by atoms with Crippen molar-refractivity contribution in [3.63, 3.8) is 0 Å². The summed E-state index contributed by atoms with van der Waals surface area (Å²) >= 11 is 0. The van der Waals surface area contributed by atoms with Crippen LogP contribution in [0.25, 0.3) is 0 Å². The van der Waals surface area contributed by atoms with E-state index in [1.54, 1.807) is 0 Å². The molecule has 5 aromatic rings. The van der Waals surface area contributed by atoms with Crippen LogP contribution in [0.1, 0.15) is 137 Å². The molecule has 0 aliphatic carbocycles. The minimum Gasteiger partial charge on any atom is -0.311 e. The molecule has 0 amide bonds.